The fourth-order valence-electron chi connectivity index (χ4n) is 2.75. The second kappa shape index (κ2) is 10.8. The normalized spacial score (nSPS) is 11.1. The number of halogens is 4. The summed E-state index contributed by atoms with van der Waals surface area (Å²) in [6.45, 7) is -0.779. The van der Waals surface area contributed by atoms with Crippen LogP contribution in [0.3, 0.4) is 0 Å². The third kappa shape index (κ3) is 6.58. The number of alkyl halides is 3. The fraction of sp³-hybridized carbons (Fsp3) is 0.182. The number of carbonyl (C=O) groups excluding carboxylic acids is 2. The highest BCUT2D eigenvalue weighted by Gasteiger charge is 2.34. The van der Waals surface area contributed by atoms with Crippen LogP contribution in [0.25, 0.3) is 0 Å². The Hall–Kier alpha value is -3.86. The molecule has 0 saturated heterocycles. The highest BCUT2D eigenvalue weighted by Crippen LogP contribution is 2.38. The lowest BCUT2D eigenvalue weighted by molar-refractivity contribution is -0.137. The molecule has 8 nitrogen and oxygen atoms in total. The van der Waals surface area contributed by atoms with Crippen LogP contribution in [0.2, 0.25) is 5.02 Å². The predicted molar refractivity (Wildman–Crippen MR) is 116 cm³/mol. The van der Waals surface area contributed by atoms with Crippen molar-refractivity contribution in [3.63, 3.8) is 0 Å². The molecule has 1 amide bonds. The van der Waals surface area contributed by atoms with Crippen LogP contribution < -0.4 is 15.6 Å². The zero-order chi connectivity index (χ0) is 24.7. The van der Waals surface area contributed by atoms with E-state index in [2.05, 4.69) is 5.10 Å². The number of esters is 1. The molecule has 0 atom stereocenters. The first-order valence-electron chi connectivity index (χ1n) is 9.74. The molecule has 0 bridgehead atoms. The number of amides is 1. The summed E-state index contributed by atoms with van der Waals surface area (Å²) in [7, 11) is 0. The minimum Gasteiger partial charge on any atom is -0.492 e. The fourth-order valence-corrected chi connectivity index (χ4v) is 2.97. The van der Waals surface area contributed by atoms with Crippen molar-refractivity contribution in [2.45, 2.75) is 12.7 Å². The molecule has 1 N–H and O–H groups in total. The van der Waals surface area contributed by atoms with Crippen LogP contribution >= 0.6 is 11.6 Å². The smallest absolute Gasteiger partial charge is 0.418 e. The molecule has 178 valence electrons. The molecule has 0 spiro atoms. The number of hydrogen-bond donors (Lipinski definition) is 1. The van der Waals surface area contributed by atoms with E-state index in [1.165, 1.54) is 6.07 Å². The molecule has 3 rings (SSSR count). The van der Waals surface area contributed by atoms with Crippen LogP contribution in [-0.4, -0.2) is 34.9 Å². The number of nitrogens with one attached hydrogen (secondary N) is 1. The maximum atomic E-state index is 13.1. The second-order valence-corrected chi connectivity index (χ2v) is 7.13. The van der Waals surface area contributed by atoms with E-state index in [0.717, 1.165) is 28.9 Å². The summed E-state index contributed by atoms with van der Waals surface area (Å²) in [5.41, 5.74) is -2.57. The maximum absolute atomic E-state index is 13.1. The molecule has 1 aromatic heterocycles. The Bertz CT molecular complexity index is 1230. The van der Waals surface area contributed by atoms with E-state index in [4.69, 9.17) is 21.1 Å². The van der Waals surface area contributed by atoms with Crippen molar-refractivity contribution in [2.75, 3.05) is 18.5 Å². The Labute approximate surface area is 195 Å². The summed E-state index contributed by atoms with van der Waals surface area (Å²) in [5, 5.41) is 5.54. The van der Waals surface area contributed by atoms with Gasteiger partial charge in [0.15, 0.2) is 12.3 Å². The molecule has 0 aliphatic rings. The SMILES string of the molecule is O=C(COC(=O)c1ccc(=O)n(CCOc2ccccc2)n1)Nc1c(Cl)cccc1C(F)(F)F. The van der Waals surface area contributed by atoms with Crippen molar-refractivity contribution >= 4 is 29.2 Å². The summed E-state index contributed by atoms with van der Waals surface area (Å²) < 4.78 is 50.7. The van der Waals surface area contributed by atoms with Gasteiger partial charge in [0.1, 0.15) is 12.4 Å². The predicted octanol–water partition coefficient (Wildman–Crippen LogP) is 3.79. The number of nitrogens with zero attached hydrogens (tertiary/aromatic N) is 2. The van der Waals surface area contributed by atoms with Crippen molar-refractivity contribution in [3.05, 3.63) is 87.3 Å². The molecular weight excluding hydrogens is 479 g/mol. The summed E-state index contributed by atoms with van der Waals surface area (Å²) in [6, 6.07) is 14.0. The standard InChI is InChI=1S/C22H17ClF3N3O5/c23-16-8-4-7-15(22(24,25)26)20(16)27-18(30)13-34-21(32)17-9-10-19(31)29(28-17)11-12-33-14-5-2-1-3-6-14/h1-10H,11-13H2,(H,27,30). The largest absolute Gasteiger partial charge is 0.492 e. The minimum absolute atomic E-state index is 0.0298. The Morgan fingerprint density at radius 1 is 1.03 bits per heavy atom. The molecular formula is C22H17ClF3N3O5. The molecule has 0 saturated carbocycles. The van der Waals surface area contributed by atoms with Gasteiger partial charge < -0.3 is 14.8 Å². The first-order valence-corrected chi connectivity index (χ1v) is 10.1. The van der Waals surface area contributed by atoms with E-state index in [-0.39, 0.29) is 23.9 Å². The number of anilines is 1. The average Bonchev–Trinajstić information content (AvgIpc) is 2.80. The lowest BCUT2D eigenvalue weighted by atomic mass is 10.1. The molecule has 0 aliphatic heterocycles. The summed E-state index contributed by atoms with van der Waals surface area (Å²) in [4.78, 5) is 36.3. The molecule has 0 aliphatic carbocycles. The minimum atomic E-state index is -4.76. The average molecular weight is 496 g/mol. The summed E-state index contributed by atoms with van der Waals surface area (Å²) in [5.74, 6) is -1.51. The molecule has 0 fully saturated rings. The number of carbonyl (C=O) groups is 2. The van der Waals surface area contributed by atoms with Crippen LogP contribution in [0.5, 0.6) is 5.75 Å². The summed E-state index contributed by atoms with van der Waals surface area (Å²) in [6.07, 6.45) is -4.76. The molecule has 1 heterocycles. The van der Waals surface area contributed by atoms with Crippen molar-refractivity contribution in [1.29, 1.82) is 0 Å². The van der Waals surface area contributed by atoms with Gasteiger partial charge in [0.25, 0.3) is 11.5 Å². The molecule has 3 aromatic rings. The number of ether oxygens (including phenoxy) is 2. The number of para-hydroxylation sites is 2. The molecule has 2 aromatic carbocycles. The Balaban J connectivity index is 1.59. The first kappa shape index (κ1) is 24.8. The van der Waals surface area contributed by atoms with Crippen molar-refractivity contribution in [2.24, 2.45) is 0 Å². The van der Waals surface area contributed by atoms with Gasteiger partial charge in [0, 0.05) is 6.07 Å². The van der Waals surface area contributed by atoms with Crippen LogP contribution in [0.1, 0.15) is 16.1 Å². The molecule has 12 heteroatoms. The van der Waals surface area contributed by atoms with Gasteiger partial charge in [-0.15, -0.1) is 0 Å². The number of benzene rings is 2. The zero-order valence-corrected chi connectivity index (χ0v) is 18.1. The quantitative estimate of drug-likeness (QED) is 0.477. The lowest BCUT2D eigenvalue weighted by Gasteiger charge is -2.15. The third-order valence-corrected chi connectivity index (χ3v) is 4.62. The lowest BCUT2D eigenvalue weighted by Crippen LogP contribution is -2.28. The van der Waals surface area contributed by atoms with E-state index >= 15 is 0 Å². The Morgan fingerprint density at radius 3 is 2.47 bits per heavy atom. The monoisotopic (exact) mass is 495 g/mol. The van der Waals surface area contributed by atoms with E-state index in [0.29, 0.717) is 5.75 Å². The van der Waals surface area contributed by atoms with Gasteiger partial charge >= 0.3 is 12.1 Å². The van der Waals surface area contributed by atoms with E-state index in [9.17, 15) is 27.6 Å². The zero-order valence-electron chi connectivity index (χ0n) is 17.3. The Kier molecular flexibility index (Phi) is 7.90. The number of hydrogen-bond acceptors (Lipinski definition) is 6. The van der Waals surface area contributed by atoms with Crippen LogP contribution in [0.15, 0.2) is 65.5 Å². The van der Waals surface area contributed by atoms with Gasteiger partial charge in [-0.05, 0) is 30.3 Å². The van der Waals surface area contributed by atoms with E-state index in [1.54, 1.807) is 24.3 Å². The highest BCUT2D eigenvalue weighted by atomic mass is 35.5. The summed E-state index contributed by atoms with van der Waals surface area (Å²) >= 11 is 5.78. The van der Waals surface area contributed by atoms with Crippen LogP contribution in [0, 0.1) is 0 Å². The molecule has 0 unspecified atom stereocenters. The van der Waals surface area contributed by atoms with E-state index in [1.807, 2.05) is 11.4 Å². The van der Waals surface area contributed by atoms with Crippen LogP contribution in [-0.2, 0) is 22.3 Å². The van der Waals surface area contributed by atoms with Gasteiger partial charge in [-0.2, -0.15) is 18.3 Å². The van der Waals surface area contributed by atoms with Gasteiger partial charge in [0.05, 0.1) is 22.8 Å². The topological polar surface area (TPSA) is 99.5 Å². The van der Waals surface area contributed by atoms with Gasteiger partial charge in [-0.25, -0.2) is 9.48 Å². The van der Waals surface area contributed by atoms with Crippen LogP contribution in [0.4, 0.5) is 18.9 Å². The van der Waals surface area contributed by atoms with Crippen molar-refractivity contribution in [1.82, 2.24) is 9.78 Å². The first-order chi connectivity index (χ1) is 16.1. The third-order valence-electron chi connectivity index (χ3n) is 4.31. The van der Waals surface area contributed by atoms with Crippen molar-refractivity contribution in [3.8, 4) is 5.75 Å². The Morgan fingerprint density at radius 2 is 1.76 bits per heavy atom. The van der Waals surface area contributed by atoms with Crippen molar-refractivity contribution < 1.29 is 32.2 Å². The molecule has 0 radical (unpaired) electrons. The highest BCUT2D eigenvalue weighted by molar-refractivity contribution is 6.34. The van der Waals surface area contributed by atoms with Gasteiger partial charge in [0.2, 0.25) is 0 Å². The number of aromatic nitrogens is 2. The second-order valence-electron chi connectivity index (χ2n) is 6.73. The van der Waals surface area contributed by atoms with E-state index < -0.39 is 41.5 Å². The van der Waals surface area contributed by atoms with Gasteiger partial charge in [-0.1, -0.05) is 35.9 Å². The maximum Gasteiger partial charge on any atom is 0.418 e. The number of rotatable bonds is 8. The molecule has 34 heavy (non-hydrogen) atoms. The van der Waals surface area contributed by atoms with Gasteiger partial charge in [-0.3, -0.25) is 9.59 Å².